The van der Waals surface area contributed by atoms with Gasteiger partial charge in [0.1, 0.15) is 0 Å². The first-order chi connectivity index (χ1) is 15.2. The van der Waals surface area contributed by atoms with Gasteiger partial charge in [-0.3, -0.25) is 19.7 Å². The molecule has 1 aliphatic carbocycles. The maximum absolute atomic E-state index is 13.4. The fraction of sp³-hybridized carbons (Fsp3) is 0.280. The van der Waals surface area contributed by atoms with Crippen molar-refractivity contribution in [3.8, 4) is 0 Å². The highest BCUT2D eigenvalue weighted by molar-refractivity contribution is 6.09. The maximum Gasteiger partial charge on any atom is 0.269 e. The Balaban J connectivity index is 1.81. The van der Waals surface area contributed by atoms with Crippen molar-refractivity contribution < 1.29 is 14.5 Å². The van der Waals surface area contributed by atoms with Crippen LogP contribution in [-0.4, -0.2) is 16.6 Å². The molecule has 1 atom stereocenters. The van der Waals surface area contributed by atoms with E-state index in [2.05, 4.69) is 10.6 Å². The van der Waals surface area contributed by atoms with Crippen LogP contribution in [0, 0.1) is 15.5 Å². The summed E-state index contributed by atoms with van der Waals surface area (Å²) in [5, 5.41) is 17.4. The zero-order valence-electron chi connectivity index (χ0n) is 18.3. The lowest BCUT2D eigenvalue weighted by molar-refractivity contribution is -0.384. The van der Waals surface area contributed by atoms with Gasteiger partial charge in [0.15, 0.2) is 5.78 Å². The number of carbonyl (C=O) groups excluding carboxylic acids is 2. The van der Waals surface area contributed by atoms with Crippen LogP contribution in [0.5, 0.6) is 0 Å². The third-order valence-electron chi connectivity index (χ3n) is 5.95. The summed E-state index contributed by atoms with van der Waals surface area (Å²) in [6, 6.07) is 15.2. The SMILES string of the molecule is CC1=C(C(=O)Nc2ccccc2)[C@@H](c2ccc([N+](=O)[O-])cc2)C2=C(CC(C)(C)CC2=O)N1. The molecule has 0 spiro atoms. The van der Waals surface area contributed by atoms with Gasteiger partial charge in [-0.1, -0.05) is 44.2 Å². The summed E-state index contributed by atoms with van der Waals surface area (Å²) in [6.45, 7) is 5.93. The molecule has 1 amide bonds. The van der Waals surface area contributed by atoms with Crippen LogP contribution in [0.4, 0.5) is 11.4 Å². The average molecular weight is 431 g/mol. The lowest BCUT2D eigenvalue weighted by Gasteiger charge is -2.39. The number of nitro groups is 1. The molecule has 2 aliphatic rings. The van der Waals surface area contributed by atoms with Crippen LogP contribution >= 0.6 is 0 Å². The number of carbonyl (C=O) groups is 2. The van der Waals surface area contributed by atoms with Crippen molar-refractivity contribution in [2.24, 2.45) is 5.41 Å². The molecule has 0 fully saturated rings. The standard InChI is InChI=1S/C25H25N3O4/c1-15-21(24(30)27-17-7-5-4-6-8-17)22(16-9-11-18(12-10-16)28(31)32)23-19(26-15)13-25(2,3)14-20(23)29/h4-12,22,26H,13-14H2,1-3H3,(H,27,30)/t22-/m1/s1. The van der Waals surface area contributed by atoms with Gasteiger partial charge in [0, 0.05) is 52.7 Å². The molecule has 2 aromatic rings. The minimum Gasteiger partial charge on any atom is -0.362 e. The van der Waals surface area contributed by atoms with Gasteiger partial charge in [0.25, 0.3) is 11.6 Å². The Kier molecular flexibility index (Phi) is 5.42. The Labute approximate surface area is 186 Å². The normalized spacial score (nSPS) is 19.8. The van der Waals surface area contributed by atoms with Crippen LogP contribution in [0.2, 0.25) is 0 Å². The zero-order valence-corrected chi connectivity index (χ0v) is 18.3. The highest BCUT2D eigenvalue weighted by Crippen LogP contribution is 2.46. The smallest absolute Gasteiger partial charge is 0.269 e. The lowest BCUT2D eigenvalue weighted by atomic mass is 9.68. The van der Waals surface area contributed by atoms with E-state index in [-0.39, 0.29) is 22.8 Å². The topological polar surface area (TPSA) is 101 Å². The molecule has 0 saturated carbocycles. The Morgan fingerprint density at radius 2 is 1.75 bits per heavy atom. The summed E-state index contributed by atoms with van der Waals surface area (Å²) in [5.41, 5.74) is 3.61. The minimum absolute atomic E-state index is 0.00962. The monoisotopic (exact) mass is 431 g/mol. The van der Waals surface area contributed by atoms with E-state index in [1.54, 1.807) is 24.3 Å². The quantitative estimate of drug-likeness (QED) is 0.533. The molecule has 0 radical (unpaired) electrons. The predicted octanol–water partition coefficient (Wildman–Crippen LogP) is 4.84. The molecular weight excluding hydrogens is 406 g/mol. The summed E-state index contributed by atoms with van der Waals surface area (Å²) < 4.78 is 0. The van der Waals surface area contributed by atoms with Gasteiger partial charge < -0.3 is 10.6 Å². The second-order valence-corrected chi connectivity index (χ2v) is 9.10. The molecule has 0 aromatic heterocycles. The summed E-state index contributed by atoms with van der Waals surface area (Å²) in [6.07, 6.45) is 1.06. The number of dihydropyridines is 1. The van der Waals surface area contributed by atoms with Gasteiger partial charge in [-0.15, -0.1) is 0 Å². The number of allylic oxidation sites excluding steroid dienone is 3. The minimum atomic E-state index is -0.598. The number of non-ortho nitro benzene ring substituents is 1. The molecule has 0 saturated heterocycles. The fourth-order valence-electron chi connectivity index (χ4n) is 4.58. The molecule has 4 rings (SSSR count). The Bertz CT molecular complexity index is 1160. The molecule has 32 heavy (non-hydrogen) atoms. The number of rotatable bonds is 4. The van der Waals surface area contributed by atoms with Crippen molar-refractivity contribution in [3.63, 3.8) is 0 Å². The van der Waals surface area contributed by atoms with Gasteiger partial charge in [0.2, 0.25) is 0 Å². The van der Waals surface area contributed by atoms with E-state index >= 15 is 0 Å². The first kappa shape index (κ1) is 21.5. The molecule has 2 aromatic carbocycles. The summed E-state index contributed by atoms with van der Waals surface area (Å²) >= 11 is 0. The van der Waals surface area contributed by atoms with Crippen LogP contribution in [0.1, 0.15) is 45.1 Å². The molecule has 7 nitrogen and oxygen atoms in total. The predicted molar refractivity (Wildman–Crippen MR) is 122 cm³/mol. The molecule has 7 heteroatoms. The van der Waals surface area contributed by atoms with Crippen LogP contribution < -0.4 is 10.6 Å². The summed E-state index contributed by atoms with van der Waals surface area (Å²) in [4.78, 5) is 37.3. The van der Waals surface area contributed by atoms with Gasteiger partial charge in [0.05, 0.1) is 4.92 Å². The van der Waals surface area contributed by atoms with E-state index in [0.29, 0.717) is 40.9 Å². The average Bonchev–Trinajstić information content (AvgIpc) is 2.72. The van der Waals surface area contributed by atoms with Crippen molar-refractivity contribution in [1.29, 1.82) is 0 Å². The highest BCUT2D eigenvalue weighted by atomic mass is 16.6. The van der Waals surface area contributed by atoms with Gasteiger partial charge in [-0.2, -0.15) is 0 Å². The van der Waals surface area contributed by atoms with E-state index < -0.39 is 10.8 Å². The van der Waals surface area contributed by atoms with Crippen LogP contribution in [-0.2, 0) is 9.59 Å². The van der Waals surface area contributed by atoms with Crippen LogP contribution in [0.15, 0.2) is 77.1 Å². The van der Waals surface area contributed by atoms with Crippen LogP contribution in [0.3, 0.4) is 0 Å². The van der Waals surface area contributed by atoms with E-state index in [1.807, 2.05) is 39.0 Å². The van der Waals surface area contributed by atoms with Gasteiger partial charge >= 0.3 is 0 Å². The Morgan fingerprint density at radius 1 is 1.09 bits per heavy atom. The van der Waals surface area contributed by atoms with Crippen molar-refractivity contribution in [3.05, 3.63) is 92.8 Å². The molecule has 0 unspecified atom stereocenters. The number of amides is 1. The molecule has 1 heterocycles. The van der Waals surface area contributed by atoms with Crippen molar-refractivity contribution in [2.45, 2.75) is 39.5 Å². The number of hydrogen-bond acceptors (Lipinski definition) is 5. The van der Waals surface area contributed by atoms with Crippen LogP contribution in [0.25, 0.3) is 0 Å². The van der Waals surface area contributed by atoms with E-state index in [0.717, 1.165) is 5.70 Å². The summed E-state index contributed by atoms with van der Waals surface area (Å²) in [5.74, 6) is -0.919. The fourth-order valence-corrected chi connectivity index (χ4v) is 4.58. The molecule has 1 aliphatic heterocycles. The molecule has 2 N–H and O–H groups in total. The van der Waals surface area contributed by atoms with E-state index in [4.69, 9.17) is 0 Å². The number of Topliss-reactive ketones (excluding diaryl/α,β-unsaturated/α-hetero) is 1. The van der Waals surface area contributed by atoms with Crippen molar-refractivity contribution in [1.82, 2.24) is 5.32 Å². The third-order valence-corrected chi connectivity index (χ3v) is 5.95. The Morgan fingerprint density at radius 3 is 2.38 bits per heavy atom. The Hall–Kier alpha value is -3.74. The maximum atomic E-state index is 13.4. The number of anilines is 1. The number of nitro benzene ring substituents is 1. The van der Waals surface area contributed by atoms with Crippen molar-refractivity contribution in [2.75, 3.05) is 5.32 Å². The number of hydrogen-bond donors (Lipinski definition) is 2. The number of para-hydroxylation sites is 1. The third kappa shape index (κ3) is 4.06. The number of nitrogens with one attached hydrogen (secondary N) is 2. The zero-order chi connectivity index (χ0) is 23.0. The number of benzene rings is 2. The van der Waals surface area contributed by atoms with E-state index in [1.165, 1.54) is 12.1 Å². The number of nitrogens with zero attached hydrogens (tertiary/aromatic N) is 1. The van der Waals surface area contributed by atoms with Gasteiger partial charge in [-0.25, -0.2) is 0 Å². The van der Waals surface area contributed by atoms with Gasteiger partial charge in [-0.05, 0) is 36.5 Å². The largest absolute Gasteiger partial charge is 0.362 e. The first-order valence-electron chi connectivity index (χ1n) is 10.5. The molecular formula is C25H25N3O4. The van der Waals surface area contributed by atoms with Crippen molar-refractivity contribution >= 4 is 23.1 Å². The second kappa shape index (κ2) is 8.07. The van der Waals surface area contributed by atoms with E-state index in [9.17, 15) is 19.7 Å². The first-order valence-corrected chi connectivity index (χ1v) is 10.5. The molecule has 0 bridgehead atoms. The lowest BCUT2D eigenvalue weighted by Crippen LogP contribution is -2.39. The number of ketones is 1. The molecule has 164 valence electrons. The second-order valence-electron chi connectivity index (χ2n) is 9.10. The summed E-state index contributed by atoms with van der Waals surface area (Å²) in [7, 11) is 0. The highest BCUT2D eigenvalue weighted by Gasteiger charge is 2.42.